The van der Waals surface area contributed by atoms with Gasteiger partial charge < -0.3 is 19.9 Å². The Morgan fingerprint density at radius 2 is 1.96 bits per heavy atom. The number of aliphatic hydroxyl groups is 1. The van der Waals surface area contributed by atoms with Gasteiger partial charge >= 0.3 is 0 Å². The van der Waals surface area contributed by atoms with Gasteiger partial charge in [-0.15, -0.1) is 0 Å². The Morgan fingerprint density at radius 1 is 1.24 bits per heavy atom. The molecule has 0 aliphatic heterocycles. The third-order valence-corrected chi connectivity index (χ3v) is 6.55. The summed E-state index contributed by atoms with van der Waals surface area (Å²) >= 11 is 6.37. The maximum Gasteiger partial charge on any atom is 0.179 e. The molecule has 0 aromatic heterocycles. The summed E-state index contributed by atoms with van der Waals surface area (Å²) in [6, 6.07) is 3.96. The van der Waals surface area contributed by atoms with Crippen LogP contribution in [0.25, 0.3) is 0 Å². The lowest BCUT2D eigenvalue weighted by Crippen LogP contribution is -2.64. The Bertz CT molecular complexity index is 649. The van der Waals surface area contributed by atoms with Crippen molar-refractivity contribution in [2.45, 2.75) is 63.1 Å². The first-order valence-electron chi connectivity index (χ1n) is 9.41. The van der Waals surface area contributed by atoms with Gasteiger partial charge in [0, 0.05) is 12.1 Å². The summed E-state index contributed by atoms with van der Waals surface area (Å²) in [4.78, 5) is 0. The molecule has 5 heteroatoms. The molecule has 4 aliphatic rings. The van der Waals surface area contributed by atoms with E-state index < -0.39 is 5.60 Å². The lowest BCUT2D eigenvalue weighted by molar-refractivity contribution is -0.142. The van der Waals surface area contributed by atoms with Gasteiger partial charge in [0.1, 0.15) is 0 Å². The van der Waals surface area contributed by atoms with Crippen molar-refractivity contribution in [1.29, 1.82) is 0 Å². The van der Waals surface area contributed by atoms with E-state index in [0.717, 1.165) is 31.4 Å². The maximum atomic E-state index is 10.9. The van der Waals surface area contributed by atoms with Gasteiger partial charge in [-0.05, 0) is 75.0 Å². The quantitative estimate of drug-likeness (QED) is 0.802. The van der Waals surface area contributed by atoms with Crippen molar-refractivity contribution in [2.24, 2.45) is 11.8 Å². The highest BCUT2D eigenvalue weighted by Crippen LogP contribution is 2.57. The van der Waals surface area contributed by atoms with Gasteiger partial charge in [-0.1, -0.05) is 11.6 Å². The Hall–Kier alpha value is -0.970. The number of benzene rings is 1. The summed E-state index contributed by atoms with van der Waals surface area (Å²) in [5.74, 6) is 2.64. The highest BCUT2D eigenvalue weighted by atomic mass is 35.5. The van der Waals surface area contributed by atoms with Crippen LogP contribution in [0.3, 0.4) is 0 Å². The molecule has 4 saturated carbocycles. The van der Waals surface area contributed by atoms with Crippen LogP contribution in [0.4, 0.5) is 0 Å². The van der Waals surface area contributed by atoms with E-state index in [0.29, 0.717) is 35.0 Å². The summed E-state index contributed by atoms with van der Waals surface area (Å²) < 4.78 is 11.0. The number of hydrogen-bond donors (Lipinski definition) is 2. The Morgan fingerprint density at radius 3 is 2.56 bits per heavy atom. The van der Waals surface area contributed by atoms with Crippen molar-refractivity contribution < 1.29 is 14.6 Å². The van der Waals surface area contributed by atoms with Gasteiger partial charge in [-0.2, -0.15) is 0 Å². The molecule has 0 heterocycles. The average Bonchev–Trinajstić information content (AvgIpc) is 2.51. The average molecular weight is 366 g/mol. The molecule has 25 heavy (non-hydrogen) atoms. The van der Waals surface area contributed by atoms with Gasteiger partial charge in [0.15, 0.2) is 11.5 Å². The summed E-state index contributed by atoms with van der Waals surface area (Å²) in [7, 11) is 1.61. The molecule has 2 atom stereocenters. The molecule has 0 radical (unpaired) electrons. The molecule has 4 bridgehead atoms. The summed E-state index contributed by atoms with van der Waals surface area (Å²) in [6.07, 6.45) is 6.55. The van der Waals surface area contributed by atoms with Crippen molar-refractivity contribution in [1.82, 2.24) is 5.32 Å². The highest BCUT2D eigenvalue weighted by Gasteiger charge is 2.56. The molecule has 4 aliphatic carbocycles. The molecular weight excluding hydrogens is 338 g/mol. The van der Waals surface area contributed by atoms with E-state index in [2.05, 4.69) is 5.32 Å². The summed E-state index contributed by atoms with van der Waals surface area (Å²) in [5.41, 5.74) is 0.735. The van der Waals surface area contributed by atoms with Crippen molar-refractivity contribution >= 4 is 11.6 Å². The molecular formula is C20H28ClNO3. The summed E-state index contributed by atoms with van der Waals surface area (Å²) in [6.45, 7) is 3.26. The van der Waals surface area contributed by atoms with Crippen LogP contribution in [0, 0.1) is 11.8 Å². The first-order valence-corrected chi connectivity index (χ1v) is 9.79. The number of rotatable bonds is 6. The topological polar surface area (TPSA) is 50.7 Å². The van der Waals surface area contributed by atoms with E-state index in [-0.39, 0.29) is 5.54 Å². The molecule has 1 aromatic rings. The van der Waals surface area contributed by atoms with Gasteiger partial charge in [0.2, 0.25) is 0 Å². The van der Waals surface area contributed by atoms with E-state index in [1.165, 1.54) is 19.3 Å². The standard InChI is InChI=1S/C20H28ClNO3/c1-3-25-17-6-13(5-16(21)18(17)24-2)11-22-19-7-14-4-15(8-19)10-20(23,9-14)12-19/h5-6,14-15,22-23H,3-4,7-12H2,1-2H3. The van der Waals surface area contributed by atoms with Crippen LogP contribution < -0.4 is 14.8 Å². The summed E-state index contributed by atoms with van der Waals surface area (Å²) in [5, 5.41) is 15.3. The first kappa shape index (κ1) is 17.4. The predicted octanol–water partition coefficient (Wildman–Crippen LogP) is 3.92. The second-order valence-electron chi connectivity index (χ2n) is 8.36. The van der Waals surface area contributed by atoms with E-state index >= 15 is 0 Å². The molecule has 4 nitrogen and oxygen atoms in total. The molecule has 2 unspecified atom stereocenters. The SMILES string of the molecule is CCOc1cc(CNC23CC4CC(CC(O)(C4)C2)C3)cc(Cl)c1OC. The minimum absolute atomic E-state index is 0.0804. The third-order valence-electron chi connectivity index (χ3n) is 6.27. The number of nitrogens with one attached hydrogen (secondary N) is 1. The normalized spacial score (nSPS) is 35.8. The fourth-order valence-electron chi connectivity index (χ4n) is 5.90. The third kappa shape index (κ3) is 3.24. The monoisotopic (exact) mass is 365 g/mol. The van der Waals surface area contributed by atoms with Crippen LogP contribution in [0.2, 0.25) is 5.02 Å². The van der Waals surface area contributed by atoms with E-state index in [1.54, 1.807) is 7.11 Å². The fraction of sp³-hybridized carbons (Fsp3) is 0.700. The maximum absolute atomic E-state index is 10.9. The van der Waals surface area contributed by atoms with Crippen LogP contribution in [0.5, 0.6) is 11.5 Å². The zero-order valence-corrected chi connectivity index (χ0v) is 15.9. The Balaban J connectivity index is 1.52. The second kappa shape index (κ2) is 6.33. The molecule has 5 rings (SSSR count). The molecule has 0 spiro atoms. The predicted molar refractivity (Wildman–Crippen MR) is 98.4 cm³/mol. The zero-order chi connectivity index (χ0) is 17.7. The van der Waals surface area contributed by atoms with Crippen molar-refractivity contribution in [2.75, 3.05) is 13.7 Å². The minimum Gasteiger partial charge on any atom is -0.491 e. The van der Waals surface area contributed by atoms with Crippen molar-refractivity contribution in [3.05, 3.63) is 22.7 Å². The molecule has 2 N–H and O–H groups in total. The first-order chi connectivity index (χ1) is 11.9. The van der Waals surface area contributed by atoms with Gasteiger partial charge in [-0.3, -0.25) is 0 Å². The zero-order valence-electron chi connectivity index (χ0n) is 15.1. The van der Waals surface area contributed by atoms with E-state index in [1.807, 2.05) is 19.1 Å². The molecule has 0 amide bonds. The molecule has 1 aromatic carbocycles. The minimum atomic E-state index is -0.439. The molecule has 138 valence electrons. The fourth-order valence-corrected chi connectivity index (χ4v) is 6.21. The van der Waals surface area contributed by atoms with Crippen molar-refractivity contribution in [3.8, 4) is 11.5 Å². The van der Waals surface area contributed by atoms with Crippen LogP contribution >= 0.6 is 11.6 Å². The van der Waals surface area contributed by atoms with Crippen LogP contribution in [0.1, 0.15) is 51.0 Å². The van der Waals surface area contributed by atoms with Gasteiger partial charge in [-0.25, -0.2) is 0 Å². The lowest BCUT2D eigenvalue weighted by atomic mass is 9.51. The van der Waals surface area contributed by atoms with Crippen molar-refractivity contribution in [3.63, 3.8) is 0 Å². The number of ether oxygens (including phenoxy) is 2. The van der Waals surface area contributed by atoms with Crippen LogP contribution in [-0.2, 0) is 6.54 Å². The lowest BCUT2D eigenvalue weighted by Gasteiger charge is -2.60. The Labute approximate surface area is 154 Å². The van der Waals surface area contributed by atoms with Crippen LogP contribution in [-0.4, -0.2) is 30.0 Å². The van der Waals surface area contributed by atoms with E-state index in [4.69, 9.17) is 21.1 Å². The number of halogens is 1. The van der Waals surface area contributed by atoms with Gasteiger partial charge in [0.05, 0.1) is 24.3 Å². The number of methoxy groups -OCH3 is 1. The highest BCUT2D eigenvalue weighted by molar-refractivity contribution is 6.32. The second-order valence-corrected chi connectivity index (χ2v) is 8.77. The largest absolute Gasteiger partial charge is 0.491 e. The van der Waals surface area contributed by atoms with Gasteiger partial charge in [0.25, 0.3) is 0 Å². The van der Waals surface area contributed by atoms with Crippen LogP contribution in [0.15, 0.2) is 12.1 Å². The number of hydrogen-bond acceptors (Lipinski definition) is 4. The van der Waals surface area contributed by atoms with E-state index in [9.17, 15) is 5.11 Å². The Kier molecular flexibility index (Phi) is 4.41. The smallest absolute Gasteiger partial charge is 0.179 e. The molecule has 0 saturated heterocycles. The molecule has 4 fully saturated rings.